The molecular formula is C12H17NO2S. The third kappa shape index (κ3) is 2.83. The van der Waals surface area contributed by atoms with E-state index in [0.717, 1.165) is 5.92 Å². The summed E-state index contributed by atoms with van der Waals surface area (Å²) >= 11 is 1.77. The predicted octanol–water partition coefficient (Wildman–Crippen LogP) is 2.61. The highest BCUT2D eigenvalue weighted by atomic mass is 32.1. The number of hydrogen-bond donors (Lipinski definition) is 1. The van der Waals surface area contributed by atoms with Crippen LogP contribution >= 0.6 is 11.3 Å². The van der Waals surface area contributed by atoms with Crippen LogP contribution in [0, 0.1) is 5.92 Å². The Labute approximate surface area is 99.7 Å². The van der Waals surface area contributed by atoms with Crippen molar-refractivity contribution in [1.82, 2.24) is 4.90 Å². The number of nitrogens with zero attached hydrogens (tertiary/aromatic N) is 1. The Morgan fingerprint density at radius 2 is 2.44 bits per heavy atom. The normalized spacial score (nSPS) is 17.6. The molecule has 0 aromatic carbocycles. The van der Waals surface area contributed by atoms with Crippen molar-refractivity contribution >= 4 is 17.3 Å². The number of carboxylic acid groups (broad SMARTS) is 1. The summed E-state index contributed by atoms with van der Waals surface area (Å²) in [6.07, 6.45) is 2.78. The molecule has 1 aromatic heterocycles. The minimum Gasteiger partial charge on any atom is -0.481 e. The lowest BCUT2D eigenvalue weighted by molar-refractivity contribution is -0.137. The third-order valence-corrected chi connectivity index (χ3v) is 4.00. The number of hydrogen-bond acceptors (Lipinski definition) is 3. The lowest BCUT2D eigenvalue weighted by Gasteiger charge is -2.26. The van der Waals surface area contributed by atoms with Crippen molar-refractivity contribution in [2.24, 2.45) is 5.92 Å². The molecule has 0 saturated heterocycles. The van der Waals surface area contributed by atoms with Crippen molar-refractivity contribution < 1.29 is 9.90 Å². The van der Waals surface area contributed by atoms with Crippen molar-refractivity contribution in [3.05, 3.63) is 22.4 Å². The fourth-order valence-electron chi connectivity index (χ4n) is 2.09. The van der Waals surface area contributed by atoms with Crippen LogP contribution in [0.15, 0.2) is 17.5 Å². The summed E-state index contributed by atoms with van der Waals surface area (Å²) in [7, 11) is 2.03. The second-order valence-corrected chi connectivity index (χ2v) is 5.40. The summed E-state index contributed by atoms with van der Waals surface area (Å²) in [5.41, 5.74) is 0. The van der Waals surface area contributed by atoms with Gasteiger partial charge in [-0.3, -0.25) is 9.69 Å². The number of rotatable bonds is 6. The zero-order valence-corrected chi connectivity index (χ0v) is 10.2. The quantitative estimate of drug-likeness (QED) is 0.829. The molecule has 16 heavy (non-hydrogen) atoms. The fourth-order valence-corrected chi connectivity index (χ4v) is 3.08. The molecule has 1 aromatic rings. The van der Waals surface area contributed by atoms with Gasteiger partial charge in [-0.1, -0.05) is 6.07 Å². The molecule has 1 unspecified atom stereocenters. The molecule has 3 nitrogen and oxygen atoms in total. The summed E-state index contributed by atoms with van der Waals surface area (Å²) in [6, 6.07) is 4.66. The van der Waals surface area contributed by atoms with E-state index in [1.54, 1.807) is 11.3 Å². The van der Waals surface area contributed by atoms with Crippen molar-refractivity contribution in [2.45, 2.75) is 25.3 Å². The van der Waals surface area contributed by atoms with Gasteiger partial charge in [0.2, 0.25) is 0 Å². The minimum atomic E-state index is -0.715. The highest BCUT2D eigenvalue weighted by molar-refractivity contribution is 7.10. The van der Waals surface area contributed by atoms with E-state index in [1.807, 2.05) is 7.05 Å². The van der Waals surface area contributed by atoms with Crippen LogP contribution in [0.5, 0.6) is 0 Å². The predicted molar refractivity (Wildman–Crippen MR) is 64.7 cm³/mol. The first-order chi connectivity index (χ1) is 7.68. The Hall–Kier alpha value is -0.870. The topological polar surface area (TPSA) is 40.5 Å². The maximum atomic E-state index is 10.6. The molecule has 0 amide bonds. The van der Waals surface area contributed by atoms with Crippen molar-refractivity contribution in [3.63, 3.8) is 0 Å². The molecule has 0 aliphatic heterocycles. The second-order valence-electron chi connectivity index (χ2n) is 4.42. The number of carboxylic acids is 1. The zero-order chi connectivity index (χ0) is 11.5. The molecule has 1 aliphatic carbocycles. The molecule has 1 N–H and O–H groups in total. The Morgan fingerprint density at radius 1 is 1.69 bits per heavy atom. The maximum Gasteiger partial charge on any atom is 0.304 e. The van der Waals surface area contributed by atoms with Gasteiger partial charge in [0.05, 0.1) is 6.42 Å². The van der Waals surface area contributed by atoms with Crippen molar-refractivity contribution in [3.8, 4) is 0 Å². The molecule has 88 valence electrons. The number of carbonyl (C=O) groups is 1. The van der Waals surface area contributed by atoms with E-state index in [9.17, 15) is 4.79 Å². The summed E-state index contributed by atoms with van der Waals surface area (Å²) < 4.78 is 0. The van der Waals surface area contributed by atoms with E-state index in [2.05, 4.69) is 22.4 Å². The van der Waals surface area contributed by atoms with Gasteiger partial charge in [-0.25, -0.2) is 0 Å². The molecule has 1 saturated carbocycles. The maximum absolute atomic E-state index is 10.6. The Bertz CT molecular complexity index is 346. The first-order valence-electron chi connectivity index (χ1n) is 5.64. The van der Waals surface area contributed by atoms with Gasteiger partial charge in [-0.2, -0.15) is 0 Å². The second kappa shape index (κ2) is 4.97. The zero-order valence-electron chi connectivity index (χ0n) is 9.43. The largest absolute Gasteiger partial charge is 0.481 e. The lowest BCUT2D eigenvalue weighted by atomic mass is 10.1. The van der Waals surface area contributed by atoms with Crippen LogP contribution in [0.2, 0.25) is 0 Å². The summed E-state index contributed by atoms with van der Waals surface area (Å²) in [5, 5.41) is 10.8. The van der Waals surface area contributed by atoms with Crippen LogP contribution in [0.25, 0.3) is 0 Å². The summed E-state index contributed by atoms with van der Waals surface area (Å²) in [4.78, 5) is 14.1. The number of aliphatic carboxylic acids is 1. The van der Waals surface area contributed by atoms with Crippen LogP contribution in [-0.4, -0.2) is 29.6 Å². The summed E-state index contributed by atoms with van der Waals surface area (Å²) in [6.45, 7) is 0.633. The van der Waals surface area contributed by atoms with Gasteiger partial charge in [0.25, 0.3) is 0 Å². The van der Waals surface area contributed by atoms with Crippen LogP contribution in [0.3, 0.4) is 0 Å². The number of thiophene rings is 1. The lowest BCUT2D eigenvalue weighted by Crippen LogP contribution is -2.27. The molecular weight excluding hydrogens is 222 g/mol. The molecule has 2 rings (SSSR count). The SMILES string of the molecule is CN(CCC(=O)O)C(c1cccs1)C1CC1. The van der Waals surface area contributed by atoms with Crippen LogP contribution in [0.1, 0.15) is 30.2 Å². The molecule has 1 heterocycles. The molecule has 4 heteroatoms. The standard InChI is InChI=1S/C12H17NO2S/c1-13(7-6-11(14)15)12(9-4-5-9)10-3-2-8-16-10/h2-3,8-9,12H,4-7H2,1H3,(H,14,15). The van der Waals surface area contributed by atoms with E-state index in [0.29, 0.717) is 12.6 Å². The molecule has 1 atom stereocenters. The minimum absolute atomic E-state index is 0.227. The van der Waals surface area contributed by atoms with E-state index < -0.39 is 5.97 Å². The first-order valence-corrected chi connectivity index (χ1v) is 6.52. The summed E-state index contributed by atoms with van der Waals surface area (Å²) in [5.74, 6) is 0.0185. The van der Waals surface area contributed by atoms with E-state index in [4.69, 9.17) is 5.11 Å². The third-order valence-electron chi connectivity index (χ3n) is 3.06. The Kier molecular flexibility index (Phi) is 3.61. The van der Waals surface area contributed by atoms with Gasteiger partial charge in [0.15, 0.2) is 0 Å². The molecule has 0 radical (unpaired) electrons. The molecule has 1 fully saturated rings. The van der Waals surface area contributed by atoms with Gasteiger partial charge < -0.3 is 5.11 Å². The highest BCUT2D eigenvalue weighted by Crippen LogP contribution is 2.45. The van der Waals surface area contributed by atoms with Crippen LogP contribution in [0.4, 0.5) is 0 Å². The average molecular weight is 239 g/mol. The first kappa shape index (κ1) is 11.6. The van der Waals surface area contributed by atoms with E-state index in [-0.39, 0.29) is 6.42 Å². The molecule has 0 bridgehead atoms. The van der Waals surface area contributed by atoms with Gasteiger partial charge in [-0.15, -0.1) is 11.3 Å². The van der Waals surface area contributed by atoms with Crippen LogP contribution < -0.4 is 0 Å². The van der Waals surface area contributed by atoms with Gasteiger partial charge in [-0.05, 0) is 37.3 Å². The van der Waals surface area contributed by atoms with Gasteiger partial charge in [0, 0.05) is 17.5 Å². The van der Waals surface area contributed by atoms with Crippen LogP contribution in [-0.2, 0) is 4.79 Å². The van der Waals surface area contributed by atoms with Gasteiger partial charge >= 0.3 is 5.97 Å². The van der Waals surface area contributed by atoms with Gasteiger partial charge in [0.1, 0.15) is 0 Å². The molecule has 1 aliphatic rings. The van der Waals surface area contributed by atoms with E-state index >= 15 is 0 Å². The highest BCUT2D eigenvalue weighted by Gasteiger charge is 2.35. The Balaban J connectivity index is 1.99. The Morgan fingerprint density at radius 3 is 2.94 bits per heavy atom. The molecule has 0 spiro atoms. The average Bonchev–Trinajstić information content (AvgIpc) is 2.91. The smallest absolute Gasteiger partial charge is 0.304 e. The monoisotopic (exact) mass is 239 g/mol. The van der Waals surface area contributed by atoms with Crippen molar-refractivity contribution in [2.75, 3.05) is 13.6 Å². The fraction of sp³-hybridized carbons (Fsp3) is 0.583. The van der Waals surface area contributed by atoms with Crippen molar-refractivity contribution in [1.29, 1.82) is 0 Å². The van der Waals surface area contributed by atoms with E-state index in [1.165, 1.54) is 17.7 Å².